The highest BCUT2D eigenvalue weighted by Crippen LogP contribution is 2.43. The molecule has 0 atom stereocenters. The minimum Gasteiger partial charge on any atom is -0.312 e. The van der Waals surface area contributed by atoms with E-state index in [4.69, 9.17) is 36.8 Å². The standard InChI is InChI=1S/C6H11Cl2O3P/c7-4-6(5-8)11-12-9-2-1-3-10-12/h6H,1-5H2. The van der Waals surface area contributed by atoms with Crippen molar-refractivity contribution in [3.63, 3.8) is 0 Å². The maximum absolute atomic E-state index is 5.58. The molecule has 1 fully saturated rings. The Balaban J connectivity index is 2.18. The van der Waals surface area contributed by atoms with Gasteiger partial charge < -0.3 is 13.6 Å². The molecule has 0 radical (unpaired) electrons. The largest absolute Gasteiger partial charge is 0.333 e. The van der Waals surface area contributed by atoms with E-state index in [9.17, 15) is 0 Å². The highest BCUT2D eigenvalue weighted by Gasteiger charge is 2.21. The molecule has 1 heterocycles. The van der Waals surface area contributed by atoms with Gasteiger partial charge in [0.1, 0.15) is 0 Å². The van der Waals surface area contributed by atoms with E-state index < -0.39 is 8.60 Å². The van der Waals surface area contributed by atoms with Gasteiger partial charge in [0.2, 0.25) is 0 Å². The average Bonchev–Trinajstić information content (AvgIpc) is 2.16. The Hall–Kier alpha value is 0.890. The molecule has 12 heavy (non-hydrogen) atoms. The number of rotatable bonds is 4. The molecular weight excluding hydrogens is 222 g/mol. The van der Waals surface area contributed by atoms with Crippen molar-refractivity contribution in [1.82, 2.24) is 0 Å². The Morgan fingerprint density at radius 2 is 1.83 bits per heavy atom. The van der Waals surface area contributed by atoms with Crippen LogP contribution in [0.4, 0.5) is 0 Å². The van der Waals surface area contributed by atoms with Gasteiger partial charge in [0.25, 0.3) is 0 Å². The summed E-state index contributed by atoms with van der Waals surface area (Å²) in [5.41, 5.74) is 0. The summed E-state index contributed by atoms with van der Waals surface area (Å²) in [7, 11) is -1.19. The Bertz CT molecular complexity index is 117. The van der Waals surface area contributed by atoms with Crippen molar-refractivity contribution in [1.29, 1.82) is 0 Å². The summed E-state index contributed by atoms with van der Waals surface area (Å²) in [6, 6.07) is 0. The smallest absolute Gasteiger partial charge is 0.312 e. The van der Waals surface area contributed by atoms with Crippen LogP contribution in [-0.4, -0.2) is 31.1 Å². The lowest BCUT2D eigenvalue weighted by molar-refractivity contribution is 0.0988. The van der Waals surface area contributed by atoms with E-state index in [1.54, 1.807) is 0 Å². The Morgan fingerprint density at radius 3 is 2.33 bits per heavy atom. The molecule has 0 unspecified atom stereocenters. The zero-order valence-electron chi connectivity index (χ0n) is 6.54. The summed E-state index contributed by atoms with van der Waals surface area (Å²) >= 11 is 11.2. The van der Waals surface area contributed by atoms with Crippen molar-refractivity contribution >= 4 is 31.8 Å². The normalized spacial score (nSPS) is 20.2. The SMILES string of the molecule is ClCC(CCl)OP1OCCCO1. The third-order valence-corrected chi connectivity index (χ3v) is 3.21. The predicted molar refractivity (Wildman–Crippen MR) is 49.8 cm³/mol. The molecule has 72 valence electrons. The van der Waals surface area contributed by atoms with Gasteiger partial charge in [-0.15, -0.1) is 23.2 Å². The first-order valence-electron chi connectivity index (χ1n) is 3.71. The molecule has 1 aliphatic heterocycles. The third kappa shape index (κ3) is 3.73. The van der Waals surface area contributed by atoms with Crippen molar-refractivity contribution in [2.75, 3.05) is 25.0 Å². The van der Waals surface area contributed by atoms with Crippen LogP contribution in [0.25, 0.3) is 0 Å². The van der Waals surface area contributed by atoms with E-state index in [-0.39, 0.29) is 6.10 Å². The molecule has 0 amide bonds. The van der Waals surface area contributed by atoms with Crippen LogP contribution in [0, 0.1) is 0 Å². The van der Waals surface area contributed by atoms with Gasteiger partial charge in [-0.2, -0.15) is 0 Å². The van der Waals surface area contributed by atoms with Crippen LogP contribution in [0.2, 0.25) is 0 Å². The highest BCUT2D eigenvalue weighted by molar-refractivity contribution is 7.41. The summed E-state index contributed by atoms with van der Waals surface area (Å²) in [5, 5.41) is 0. The van der Waals surface area contributed by atoms with E-state index in [1.807, 2.05) is 0 Å². The minimum absolute atomic E-state index is 0.169. The van der Waals surface area contributed by atoms with Gasteiger partial charge in [-0.3, -0.25) is 0 Å². The number of hydrogen-bond acceptors (Lipinski definition) is 3. The molecule has 0 aromatic carbocycles. The lowest BCUT2D eigenvalue weighted by Gasteiger charge is -2.23. The molecule has 0 aliphatic carbocycles. The van der Waals surface area contributed by atoms with Crippen molar-refractivity contribution in [3.05, 3.63) is 0 Å². The van der Waals surface area contributed by atoms with E-state index in [0.717, 1.165) is 6.42 Å². The van der Waals surface area contributed by atoms with Crippen molar-refractivity contribution < 1.29 is 13.6 Å². The summed E-state index contributed by atoms with van der Waals surface area (Å²) in [6.45, 7) is 1.39. The number of hydrogen-bond donors (Lipinski definition) is 0. The molecule has 0 N–H and O–H groups in total. The summed E-state index contributed by atoms with van der Waals surface area (Å²) < 4.78 is 15.8. The molecule has 0 bridgehead atoms. The van der Waals surface area contributed by atoms with Crippen molar-refractivity contribution in [3.8, 4) is 0 Å². The van der Waals surface area contributed by atoms with Crippen LogP contribution in [0.5, 0.6) is 0 Å². The molecular formula is C6H11Cl2O3P. The maximum atomic E-state index is 5.58. The van der Waals surface area contributed by atoms with Gasteiger partial charge in [-0.25, -0.2) is 0 Å². The van der Waals surface area contributed by atoms with E-state index in [1.165, 1.54) is 0 Å². The van der Waals surface area contributed by atoms with Gasteiger partial charge in [-0.1, -0.05) is 0 Å². The van der Waals surface area contributed by atoms with Crippen LogP contribution in [0.15, 0.2) is 0 Å². The summed E-state index contributed by atoms with van der Waals surface area (Å²) in [4.78, 5) is 0. The van der Waals surface area contributed by atoms with Crippen LogP contribution in [0.1, 0.15) is 6.42 Å². The van der Waals surface area contributed by atoms with Crippen LogP contribution < -0.4 is 0 Å². The second-order valence-electron chi connectivity index (χ2n) is 2.28. The first-order chi connectivity index (χ1) is 5.86. The molecule has 0 aromatic rings. The average molecular weight is 233 g/mol. The van der Waals surface area contributed by atoms with Gasteiger partial charge in [-0.05, 0) is 6.42 Å². The number of halogens is 2. The molecule has 0 saturated carbocycles. The Labute approximate surface area is 83.3 Å². The van der Waals surface area contributed by atoms with E-state index in [2.05, 4.69) is 0 Å². The summed E-state index contributed by atoms with van der Waals surface area (Å²) in [6.07, 6.45) is 0.756. The molecule has 1 saturated heterocycles. The first kappa shape index (κ1) is 11.0. The van der Waals surface area contributed by atoms with E-state index in [0.29, 0.717) is 25.0 Å². The zero-order chi connectivity index (χ0) is 8.81. The van der Waals surface area contributed by atoms with Gasteiger partial charge in [0.05, 0.1) is 31.1 Å². The second-order valence-corrected chi connectivity index (χ2v) is 4.07. The highest BCUT2D eigenvalue weighted by atomic mass is 35.5. The van der Waals surface area contributed by atoms with Crippen molar-refractivity contribution in [2.24, 2.45) is 0 Å². The van der Waals surface area contributed by atoms with E-state index >= 15 is 0 Å². The first-order valence-corrected chi connectivity index (χ1v) is 5.88. The monoisotopic (exact) mass is 232 g/mol. The molecule has 0 spiro atoms. The predicted octanol–water partition coefficient (Wildman–Crippen LogP) is 2.51. The minimum atomic E-state index is -1.19. The van der Waals surface area contributed by atoms with Gasteiger partial charge in [0, 0.05) is 0 Å². The van der Waals surface area contributed by atoms with Crippen LogP contribution >= 0.6 is 31.8 Å². The Kier molecular flexibility index (Phi) is 5.81. The molecule has 0 aromatic heterocycles. The lowest BCUT2D eigenvalue weighted by Crippen LogP contribution is -2.17. The molecule has 1 aliphatic rings. The molecule has 6 heteroatoms. The fraction of sp³-hybridized carbons (Fsp3) is 1.00. The van der Waals surface area contributed by atoms with Crippen molar-refractivity contribution in [2.45, 2.75) is 12.5 Å². The second kappa shape index (κ2) is 6.36. The molecule has 1 rings (SSSR count). The maximum Gasteiger partial charge on any atom is 0.333 e. The van der Waals surface area contributed by atoms with Gasteiger partial charge >= 0.3 is 8.60 Å². The molecule has 3 nitrogen and oxygen atoms in total. The fourth-order valence-corrected chi connectivity index (χ4v) is 2.43. The topological polar surface area (TPSA) is 27.7 Å². The lowest BCUT2D eigenvalue weighted by atomic mass is 10.5. The third-order valence-electron chi connectivity index (χ3n) is 1.26. The fourth-order valence-electron chi connectivity index (χ4n) is 0.655. The van der Waals surface area contributed by atoms with Crippen LogP contribution in [-0.2, 0) is 13.6 Å². The van der Waals surface area contributed by atoms with Gasteiger partial charge in [0.15, 0.2) is 0 Å². The Morgan fingerprint density at radius 1 is 1.25 bits per heavy atom. The zero-order valence-corrected chi connectivity index (χ0v) is 8.95. The quantitative estimate of drug-likeness (QED) is 0.551. The van der Waals surface area contributed by atoms with Crippen LogP contribution in [0.3, 0.4) is 0 Å². The number of alkyl halides is 2. The summed E-state index contributed by atoms with van der Waals surface area (Å²) in [5.74, 6) is 0.740.